The molecule has 2 aliphatic carbocycles. The quantitative estimate of drug-likeness (QED) is 0.570. The molecule has 1 aliphatic heterocycles. The Morgan fingerprint density at radius 2 is 1.62 bits per heavy atom. The van der Waals surface area contributed by atoms with Gasteiger partial charge in [-0.2, -0.15) is 5.10 Å². The molecule has 160 valence electrons. The molecule has 1 aromatic rings. The van der Waals surface area contributed by atoms with E-state index < -0.39 is 17.6 Å². The maximum absolute atomic E-state index is 13.6. The number of halogens is 4. The second kappa shape index (κ2) is 7.26. The third kappa shape index (κ3) is 4.54. The zero-order valence-electron chi connectivity index (χ0n) is 15.9. The topological polar surface area (TPSA) is 103 Å². The van der Waals surface area contributed by atoms with Gasteiger partial charge in [-0.1, -0.05) is 0 Å². The summed E-state index contributed by atoms with van der Waals surface area (Å²) in [6.45, 7) is 0. The highest BCUT2D eigenvalue weighted by Gasteiger charge is 2.45. The van der Waals surface area contributed by atoms with Gasteiger partial charge in [0.2, 0.25) is 11.8 Å². The van der Waals surface area contributed by atoms with Crippen molar-refractivity contribution in [3.63, 3.8) is 0 Å². The number of nitrogens with two attached hydrogens (primary N) is 1. The van der Waals surface area contributed by atoms with Crippen LogP contribution in [0.1, 0.15) is 57.1 Å². The Morgan fingerprint density at radius 1 is 1.00 bits per heavy atom. The van der Waals surface area contributed by atoms with Gasteiger partial charge in [0.15, 0.2) is 17.6 Å². The number of hydrogen-bond donors (Lipinski definition) is 4. The Hall–Kier alpha value is -2.17. The van der Waals surface area contributed by atoms with Crippen molar-refractivity contribution < 1.29 is 17.6 Å². The number of aliphatic imine (C=N–C) groups is 2. The minimum absolute atomic E-state index is 0.207. The van der Waals surface area contributed by atoms with Gasteiger partial charge in [0.05, 0.1) is 6.04 Å². The molecular formula is C18H25F4N7. The monoisotopic (exact) mass is 415 g/mol. The largest absolute Gasteiger partial charge is 0.319 e. The molecule has 0 radical (unpaired) electrons. The summed E-state index contributed by atoms with van der Waals surface area (Å²) in [6, 6.07) is 1.43. The lowest BCUT2D eigenvalue weighted by Gasteiger charge is -2.42. The Bertz CT molecular complexity index is 772. The highest BCUT2D eigenvalue weighted by molar-refractivity contribution is 6.09. The zero-order chi connectivity index (χ0) is 20.7. The van der Waals surface area contributed by atoms with E-state index in [4.69, 9.17) is 5.73 Å². The smallest absolute Gasteiger partial charge is 0.248 e. The van der Waals surface area contributed by atoms with Crippen LogP contribution in [0.3, 0.4) is 0 Å². The van der Waals surface area contributed by atoms with Crippen LogP contribution < -0.4 is 16.4 Å². The molecule has 0 saturated heterocycles. The minimum atomic E-state index is -2.68. The molecular weight excluding hydrogens is 390 g/mol. The molecule has 2 saturated carbocycles. The normalized spacial score (nSPS) is 31.8. The molecule has 11 heteroatoms. The molecule has 0 bridgehead atoms. The Labute approximate surface area is 165 Å². The highest BCUT2D eigenvalue weighted by atomic mass is 19.3. The minimum Gasteiger partial charge on any atom is -0.319 e. The molecule has 5 N–H and O–H groups in total. The number of H-pyrrole nitrogens is 1. The summed E-state index contributed by atoms with van der Waals surface area (Å²) in [7, 11) is 0. The van der Waals surface area contributed by atoms with Crippen molar-refractivity contribution in [2.24, 2.45) is 21.6 Å². The van der Waals surface area contributed by atoms with E-state index in [0.717, 1.165) is 0 Å². The first-order valence-electron chi connectivity index (χ1n) is 9.91. The predicted octanol–water partition coefficient (Wildman–Crippen LogP) is 2.72. The number of aromatic amines is 1. The Balaban J connectivity index is 1.57. The third-order valence-corrected chi connectivity index (χ3v) is 5.95. The van der Waals surface area contributed by atoms with Crippen molar-refractivity contribution >= 4 is 11.8 Å². The maximum Gasteiger partial charge on any atom is 0.248 e. The number of nitrogens with zero attached hydrogens (tertiary/aromatic N) is 3. The summed E-state index contributed by atoms with van der Waals surface area (Å²) in [5, 5.41) is 12.8. The van der Waals surface area contributed by atoms with Gasteiger partial charge in [-0.05, 0) is 31.7 Å². The molecule has 2 heterocycles. The summed E-state index contributed by atoms with van der Waals surface area (Å²) in [5.74, 6) is -6.25. The van der Waals surface area contributed by atoms with Gasteiger partial charge in [0, 0.05) is 37.8 Å². The van der Waals surface area contributed by atoms with E-state index in [1.54, 1.807) is 12.3 Å². The fraction of sp³-hybridized carbons (Fsp3) is 0.722. The van der Waals surface area contributed by atoms with Gasteiger partial charge >= 0.3 is 0 Å². The lowest BCUT2D eigenvalue weighted by Crippen LogP contribution is -2.67. The number of amidine groups is 1. The van der Waals surface area contributed by atoms with Crippen LogP contribution in [0.2, 0.25) is 0 Å². The van der Waals surface area contributed by atoms with Crippen molar-refractivity contribution in [3.8, 4) is 0 Å². The molecule has 0 aromatic carbocycles. The van der Waals surface area contributed by atoms with Crippen LogP contribution in [0.4, 0.5) is 17.6 Å². The Kier molecular flexibility index (Phi) is 5.04. The van der Waals surface area contributed by atoms with E-state index in [1.165, 1.54) is 0 Å². The summed E-state index contributed by atoms with van der Waals surface area (Å²) in [5.41, 5.74) is 7.11. The molecule has 1 atom stereocenters. The van der Waals surface area contributed by atoms with Crippen LogP contribution in [0, 0.1) is 5.92 Å². The highest BCUT2D eigenvalue weighted by Crippen LogP contribution is 2.40. The second-order valence-corrected chi connectivity index (χ2v) is 8.20. The van der Waals surface area contributed by atoms with E-state index >= 15 is 0 Å². The van der Waals surface area contributed by atoms with Gasteiger partial charge in [0.25, 0.3) is 0 Å². The van der Waals surface area contributed by atoms with Gasteiger partial charge in [0.1, 0.15) is 5.69 Å². The number of guanidine groups is 1. The Morgan fingerprint density at radius 3 is 2.21 bits per heavy atom. The fourth-order valence-electron chi connectivity index (χ4n) is 4.16. The number of hydrogen-bond acceptors (Lipinski definition) is 4. The zero-order valence-corrected chi connectivity index (χ0v) is 15.9. The van der Waals surface area contributed by atoms with Crippen LogP contribution in [-0.4, -0.2) is 45.7 Å². The average Bonchev–Trinajstić information content (AvgIpc) is 3.18. The predicted molar refractivity (Wildman–Crippen MR) is 99.9 cm³/mol. The van der Waals surface area contributed by atoms with Crippen molar-refractivity contribution in [3.05, 3.63) is 18.0 Å². The van der Waals surface area contributed by atoms with Crippen LogP contribution in [-0.2, 0) is 0 Å². The van der Waals surface area contributed by atoms with Crippen LogP contribution >= 0.6 is 0 Å². The summed E-state index contributed by atoms with van der Waals surface area (Å²) in [6.07, 6.45) is 1.63. The molecule has 0 spiro atoms. The standard InChI is InChI=1S/C18H25F4N7/c19-16(20)6-1-11(2-7-16)18(23)27-14(13-5-10-24-29-13)26-15(28-18)25-12-3-8-17(21,22)9-4-12/h5,10-12H,1-4,6-9,23H2,(H,24,29)(H2,25,26,27,28). The summed E-state index contributed by atoms with van der Waals surface area (Å²) < 4.78 is 54.1. The van der Waals surface area contributed by atoms with E-state index in [1.807, 2.05) is 0 Å². The van der Waals surface area contributed by atoms with Crippen LogP contribution in [0.25, 0.3) is 0 Å². The first kappa shape index (κ1) is 20.1. The first-order chi connectivity index (χ1) is 13.6. The van der Waals surface area contributed by atoms with Crippen molar-refractivity contribution in [1.29, 1.82) is 0 Å². The molecule has 4 rings (SSSR count). The number of rotatable bonds is 3. The number of nitrogens with one attached hydrogen (secondary N) is 3. The molecule has 0 amide bonds. The molecule has 29 heavy (non-hydrogen) atoms. The molecule has 1 aromatic heterocycles. The molecule has 3 aliphatic rings. The molecule has 2 fully saturated rings. The van der Waals surface area contributed by atoms with E-state index in [9.17, 15) is 17.6 Å². The lowest BCUT2D eigenvalue weighted by molar-refractivity contribution is -0.0554. The first-order valence-corrected chi connectivity index (χ1v) is 9.91. The van der Waals surface area contributed by atoms with Gasteiger partial charge in [-0.15, -0.1) is 0 Å². The average molecular weight is 415 g/mol. The SMILES string of the molecule is NC1(C2CCC(F)(F)CC2)N=C(c2ccn[nH]2)NC(=NC2CCC(F)(F)CC2)N1. The van der Waals surface area contributed by atoms with Crippen molar-refractivity contribution in [1.82, 2.24) is 20.8 Å². The van der Waals surface area contributed by atoms with Crippen LogP contribution in [0.15, 0.2) is 22.2 Å². The number of aromatic nitrogens is 2. The van der Waals surface area contributed by atoms with Gasteiger partial charge < -0.3 is 10.6 Å². The fourth-order valence-corrected chi connectivity index (χ4v) is 4.16. The summed E-state index contributed by atoms with van der Waals surface area (Å²) in [4.78, 5) is 9.11. The molecule has 7 nitrogen and oxygen atoms in total. The van der Waals surface area contributed by atoms with Crippen LogP contribution in [0.5, 0.6) is 0 Å². The second-order valence-electron chi connectivity index (χ2n) is 8.20. The van der Waals surface area contributed by atoms with Crippen molar-refractivity contribution in [2.45, 2.75) is 75.0 Å². The lowest BCUT2D eigenvalue weighted by atomic mass is 9.82. The van der Waals surface area contributed by atoms with E-state index in [0.29, 0.717) is 17.5 Å². The molecule has 1 unspecified atom stereocenters. The summed E-state index contributed by atoms with van der Waals surface area (Å²) >= 11 is 0. The van der Waals surface area contributed by atoms with Crippen molar-refractivity contribution in [2.75, 3.05) is 0 Å². The van der Waals surface area contributed by atoms with Gasteiger partial charge in [-0.25, -0.2) is 27.5 Å². The van der Waals surface area contributed by atoms with Gasteiger partial charge in [-0.3, -0.25) is 10.8 Å². The maximum atomic E-state index is 13.6. The third-order valence-electron chi connectivity index (χ3n) is 5.95. The number of alkyl halides is 4. The van der Waals surface area contributed by atoms with E-state index in [2.05, 4.69) is 30.8 Å². The van der Waals surface area contributed by atoms with E-state index in [-0.39, 0.29) is 63.3 Å².